The molecule has 0 aliphatic carbocycles. The number of hydrogen-bond donors (Lipinski definition) is 1. The van der Waals surface area contributed by atoms with Gasteiger partial charge in [0.05, 0.1) is 5.75 Å². The molecule has 4 aromatic rings. The maximum Gasteiger partial charge on any atom is 0.234 e. The van der Waals surface area contributed by atoms with Crippen LogP contribution in [0.15, 0.2) is 84.0 Å². The molecule has 1 N–H and O–H groups in total. The smallest absolute Gasteiger partial charge is 0.234 e. The zero-order valence-electron chi connectivity index (χ0n) is 16.3. The number of carbonyl (C=O) groups is 1. The number of rotatable bonds is 7. The third-order valence-corrected chi connectivity index (χ3v) is 5.88. The summed E-state index contributed by atoms with van der Waals surface area (Å²) in [6.45, 7) is 0. The molecule has 0 unspecified atom stereocenters. The number of benzene rings is 3. The summed E-state index contributed by atoms with van der Waals surface area (Å²) in [7, 11) is 0. The standard InChI is InChI=1S/C23H18Cl2N4OS/c24-17-6-10-19(11-7-17)26-22(30)15-31-23-28-27-21(14-16-4-2-1-3-5-16)29(23)20-12-8-18(25)9-13-20/h1-13H,14-15H2,(H,26,30). The number of amides is 1. The predicted octanol–water partition coefficient (Wildman–Crippen LogP) is 5.90. The van der Waals surface area contributed by atoms with Crippen LogP contribution in [0.1, 0.15) is 11.4 Å². The molecule has 0 saturated carbocycles. The number of halogens is 2. The fourth-order valence-electron chi connectivity index (χ4n) is 3.00. The Hall–Kier alpha value is -2.80. The average molecular weight is 469 g/mol. The molecule has 8 heteroatoms. The van der Waals surface area contributed by atoms with Gasteiger partial charge in [-0.05, 0) is 54.1 Å². The van der Waals surface area contributed by atoms with E-state index < -0.39 is 0 Å². The number of anilines is 1. The molecule has 0 atom stereocenters. The van der Waals surface area contributed by atoms with E-state index in [0.29, 0.717) is 27.3 Å². The Morgan fingerprint density at radius 2 is 1.52 bits per heavy atom. The molecular weight excluding hydrogens is 451 g/mol. The molecule has 1 aromatic heterocycles. The third kappa shape index (κ3) is 5.67. The van der Waals surface area contributed by atoms with E-state index in [4.69, 9.17) is 23.2 Å². The van der Waals surface area contributed by atoms with Crippen molar-refractivity contribution < 1.29 is 4.79 Å². The zero-order chi connectivity index (χ0) is 21.6. The van der Waals surface area contributed by atoms with E-state index in [2.05, 4.69) is 15.5 Å². The highest BCUT2D eigenvalue weighted by Gasteiger charge is 2.16. The summed E-state index contributed by atoms with van der Waals surface area (Å²) in [6.07, 6.45) is 0.619. The van der Waals surface area contributed by atoms with Crippen LogP contribution in [-0.4, -0.2) is 26.4 Å². The monoisotopic (exact) mass is 468 g/mol. The Morgan fingerprint density at radius 3 is 2.19 bits per heavy atom. The first-order valence-electron chi connectivity index (χ1n) is 9.51. The van der Waals surface area contributed by atoms with Gasteiger partial charge in [0, 0.05) is 27.8 Å². The molecule has 0 radical (unpaired) electrons. The molecule has 1 heterocycles. The second-order valence-corrected chi connectivity index (χ2v) is 8.53. The highest BCUT2D eigenvalue weighted by molar-refractivity contribution is 7.99. The van der Waals surface area contributed by atoms with Crippen LogP contribution in [0.3, 0.4) is 0 Å². The van der Waals surface area contributed by atoms with Gasteiger partial charge in [-0.15, -0.1) is 10.2 Å². The van der Waals surface area contributed by atoms with Crippen molar-refractivity contribution in [2.24, 2.45) is 0 Å². The lowest BCUT2D eigenvalue weighted by Gasteiger charge is -2.11. The molecule has 0 spiro atoms. The van der Waals surface area contributed by atoms with Crippen molar-refractivity contribution in [3.05, 3.63) is 100 Å². The van der Waals surface area contributed by atoms with E-state index >= 15 is 0 Å². The van der Waals surface area contributed by atoms with E-state index in [1.165, 1.54) is 11.8 Å². The maximum absolute atomic E-state index is 12.4. The van der Waals surface area contributed by atoms with Gasteiger partial charge in [0.25, 0.3) is 0 Å². The summed E-state index contributed by atoms with van der Waals surface area (Å²) in [4.78, 5) is 12.4. The fraction of sp³-hybridized carbons (Fsp3) is 0.0870. The minimum absolute atomic E-state index is 0.136. The van der Waals surface area contributed by atoms with Gasteiger partial charge in [-0.3, -0.25) is 9.36 Å². The van der Waals surface area contributed by atoms with Crippen molar-refractivity contribution in [1.29, 1.82) is 0 Å². The van der Waals surface area contributed by atoms with Gasteiger partial charge < -0.3 is 5.32 Å². The molecular formula is C23H18Cl2N4OS. The highest BCUT2D eigenvalue weighted by Crippen LogP contribution is 2.25. The molecule has 4 rings (SSSR count). The minimum atomic E-state index is -0.136. The minimum Gasteiger partial charge on any atom is -0.325 e. The Kier molecular flexibility index (Phi) is 6.92. The molecule has 5 nitrogen and oxygen atoms in total. The summed E-state index contributed by atoms with van der Waals surface area (Å²) in [5.74, 6) is 0.844. The number of thioether (sulfide) groups is 1. The Labute approximate surface area is 194 Å². The number of carbonyl (C=O) groups excluding carboxylic acids is 1. The van der Waals surface area contributed by atoms with Crippen LogP contribution in [0, 0.1) is 0 Å². The number of nitrogens with zero attached hydrogens (tertiary/aromatic N) is 3. The third-order valence-electron chi connectivity index (χ3n) is 4.45. The summed E-state index contributed by atoms with van der Waals surface area (Å²) < 4.78 is 1.96. The second kappa shape index (κ2) is 10.0. The first kappa shape index (κ1) is 21.4. The molecule has 3 aromatic carbocycles. The Balaban J connectivity index is 1.54. The van der Waals surface area contributed by atoms with Crippen LogP contribution >= 0.6 is 35.0 Å². The van der Waals surface area contributed by atoms with Crippen LogP contribution < -0.4 is 5.32 Å². The van der Waals surface area contributed by atoms with E-state index in [9.17, 15) is 4.79 Å². The first-order valence-corrected chi connectivity index (χ1v) is 11.2. The summed E-state index contributed by atoms with van der Waals surface area (Å²) >= 11 is 13.3. The van der Waals surface area contributed by atoms with E-state index in [0.717, 1.165) is 17.1 Å². The molecule has 156 valence electrons. The van der Waals surface area contributed by atoms with Gasteiger partial charge in [0.2, 0.25) is 5.91 Å². The number of hydrogen-bond acceptors (Lipinski definition) is 4. The molecule has 1 amide bonds. The van der Waals surface area contributed by atoms with Gasteiger partial charge in [-0.25, -0.2) is 0 Å². The van der Waals surface area contributed by atoms with Gasteiger partial charge in [-0.1, -0.05) is 65.3 Å². The molecule has 0 fully saturated rings. The largest absolute Gasteiger partial charge is 0.325 e. The van der Waals surface area contributed by atoms with Crippen LogP contribution in [0.2, 0.25) is 10.0 Å². The van der Waals surface area contributed by atoms with Gasteiger partial charge in [-0.2, -0.15) is 0 Å². The van der Waals surface area contributed by atoms with Gasteiger partial charge >= 0.3 is 0 Å². The normalized spacial score (nSPS) is 10.8. The lowest BCUT2D eigenvalue weighted by atomic mass is 10.1. The van der Waals surface area contributed by atoms with Crippen molar-refractivity contribution in [3.8, 4) is 5.69 Å². The van der Waals surface area contributed by atoms with Crippen LogP contribution in [-0.2, 0) is 11.2 Å². The van der Waals surface area contributed by atoms with Crippen molar-refractivity contribution in [3.63, 3.8) is 0 Å². The average Bonchev–Trinajstić information content (AvgIpc) is 3.17. The Bertz CT molecular complexity index is 1160. The van der Waals surface area contributed by atoms with E-state index in [-0.39, 0.29) is 11.7 Å². The molecule has 31 heavy (non-hydrogen) atoms. The quantitative estimate of drug-likeness (QED) is 0.343. The second-order valence-electron chi connectivity index (χ2n) is 6.72. The molecule has 0 bridgehead atoms. The molecule has 0 aliphatic heterocycles. The SMILES string of the molecule is O=C(CSc1nnc(Cc2ccccc2)n1-c1ccc(Cl)cc1)Nc1ccc(Cl)cc1. The van der Waals surface area contributed by atoms with Crippen LogP contribution in [0.4, 0.5) is 5.69 Å². The predicted molar refractivity (Wildman–Crippen MR) is 126 cm³/mol. The van der Waals surface area contributed by atoms with Gasteiger partial charge in [0.1, 0.15) is 5.82 Å². The fourth-order valence-corrected chi connectivity index (χ4v) is 4.02. The van der Waals surface area contributed by atoms with Gasteiger partial charge in [0.15, 0.2) is 5.16 Å². The first-order chi connectivity index (χ1) is 15.1. The van der Waals surface area contributed by atoms with Crippen molar-refractivity contribution in [2.75, 3.05) is 11.1 Å². The van der Waals surface area contributed by atoms with E-state index in [1.54, 1.807) is 24.3 Å². The Morgan fingerprint density at radius 1 is 0.871 bits per heavy atom. The summed E-state index contributed by atoms with van der Waals surface area (Å²) in [6, 6.07) is 24.5. The molecule has 0 aliphatic rings. The molecule has 0 saturated heterocycles. The number of nitrogens with one attached hydrogen (secondary N) is 1. The maximum atomic E-state index is 12.4. The zero-order valence-corrected chi connectivity index (χ0v) is 18.7. The van der Waals surface area contributed by atoms with Crippen molar-refractivity contribution in [2.45, 2.75) is 11.6 Å². The topological polar surface area (TPSA) is 59.8 Å². The summed E-state index contributed by atoms with van der Waals surface area (Å²) in [5, 5.41) is 13.5. The summed E-state index contributed by atoms with van der Waals surface area (Å²) in [5.41, 5.74) is 2.71. The lowest BCUT2D eigenvalue weighted by Crippen LogP contribution is -2.14. The van der Waals surface area contributed by atoms with Crippen LogP contribution in [0.5, 0.6) is 0 Å². The highest BCUT2D eigenvalue weighted by atomic mass is 35.5. The van der Waals surface area contributed by atoms with Crippen molar-refractivity contribution in [1.82, 2.24) is 14.8 Å². The number of aromatic nitrogens is 3. The van der Waals surface area contributed by atoms with Crippen molar-refractivity contribution >= 4 is 46.6 Å². The van der Waals surface area contributed by atoms with E-state index in [1.807, 2.05) is 59.2 Å². The van der Waals surface area contributed by atoms with Crippen LogP contribution in [0.25, 0.3) is 5.69 Å². The lowest BCUT2D eigenvalue weighted by molar-refractivity contribution is -0.113.